The van der Waals surface area contributed by atoms with Crippen molar-refractivity contribution in [2.24, 2.45) is 0 Å². The average Bonchev–Trinajstić information content (AvgIpc) is 2.92. The summed E-state index contributed by atoms with van der Waals surface area (Å²) in [5.41, 5.74) is 0.902. The molecule has 112 valence electrons. The molecule has 0 aliphatic heterocycles. The van der Waals surface area contributed by atoms with Crippen molar-refractivity contribution in [3.8, 4) is 11.5 Å². The Hall–Kier alpha value is -1.53. The van der Waals surface area contributed by atoms with Crippen LogP contribution in [0.3, 0.4) is 0 Å². The van der Waals surface area contributed by atoms with Crippen molar-refractivity contribution in [3.63, 3.8) is 0 Å². The molecule has 1 heterocycles. The van der Waals surface area contributed by atoms with Crippen LogP contribution in [0.25, 0.3) is 0 Å². The van der Waals surface area contributed by atoms with Gasteiger partial charge in [0.25, 0.3) is 5.91 Å². The number of hydrogen-bond donors (Lipinski definition) is 1. The number of amides is 1. The van der Waals surface area contributed by atoms with Gasteiger partial charge in [-0.1, -0.05) is 0 Å². The second-order valence-corrected chi connectivity index (χ2v) is 6.17. The average molecular weight is 370 g/mol. The molecule has 2 rings (SSSR count). The van der Waals surface area contributed by atoms with E-state index in [1.807, 2.05) is 30.5 Å². The van der Waals surface area contributed by atoms with Crippen LogP contribution in [0.4, 0.5) is 0 Å². The Kier molecular flexibility index (Phi) is 5.25. The van der Waals surface area contributed by atoms with Gasteiger partial charge in [0.2, 0.25) is 0 Å². The predicted octanol–water partition coefficient (Wildman–Crippen LogP) is 4.02. The zero-order valence-corrected chi connectivity index (χ0v) is 14.4. The number of carbonyl (C=O) groups is 1. The van der Waals surface area contributed by atoms with Crippen molar-refractivity contribution in [1.29, 1.82) is 0 Å². The van der Waals surface area contributed by atoms with E-state index < -0.39 is 0 Å². The van der Waals surface area contributed by atoms with Crippen molar-refractivity contribution in [2.75, 3.05) is 14.2 Å². The lowest BCUT2D eigenvalue weighted by atomic mass is 10.1. The molecule has 1 atom stereocenters. The second kappa shape index (κ2) is 6.95. The van der Waals surface area contributed by atoms with Crippen LogP contribution in [0.2, 0.25) is 0 Å². The summed E-state index contributed by atoms with van der Waals surface area (Å²) in [6, 6.07) is 7.23. The Balaban J connectivity index is 2.18. The number of nitrogens with one attached hydrogen (secondary N) is 1. The fourth-order valence-electron chi connectivity index (χ4n) is 1.97. The van der Waals surface area contributed by atoms with Crippen LogP contribution in [0.5, 0.6) is 11.5 Å². The molecule has 0 aliphatic carbocycles. The minimum Gasteiger partial charge on any atom is -0.497 e. The second-order valence-electron chi connectivity index (χ2n) is 4.40. The normalized spacial score (nSPS) is 11.8. The first kappa shape index (κ1) is 15.9. The first-order chi connectivity index (χ1) is 10.1. The molecule has 6 heteroatoms. The van der Waals surface area contributed by atoms with Crippen molar-refractivity contribution in [1.82, 2.24) is 5.32 Å². The summed E-state index contributed by atoms with van der Waals surface area (Å²) in [7, 11) is 3.21. The van der Waals surface area contributed by atoms with Gasteiger partial charge in [0.15, 0.2) is 0 Å². The third-order valence-electron chi connectivity index (χ3n) is 3.08. The molecule has 0 spiro atoms. The molecule has 0 bridgehead atoms. The van der Waals surface area contributed by atoms with E-state index >= 15 is 0 Å². The van der Waals surface area contributed by atoms with Crippen molar-refractivity contribution in [2.45, 2.75) is 13.0 Å². The number of rotatable bonds is 5. The van der Waals surface area contributed by atoms with E-state index in [1.54, 1.807) is 20.3 Å². The number of thiophene rings is 1. The highest BCUT2D eigenvalue weighted by molar-refractivity contribution is 9.10. The van der Waals surface area contributed by atoms with Gasteiger partial charge < -0.3 is 14.8 Å². The van der Waals surface area contributed by atoms with Crippen LogP contribution in [0, 0.1) is 0 Å². The number of ether oxygens (including phenoxy) is 2. The smallest absolute Gasteiger partial charge is 0.262 e. The van der Waals surface area contributed by atoms with E-state index in [0.717, 1.165) is 15.8 Å². The van der Waals surface area contributed by atoms with Gasteiger partial charge in [-0.05, 0) is 46.4 Å². The molecule has 4 nitrogen and oxygen atoms in total. The maximum absolute atomic E-state index is 12.2. The molecule has 21 heavy (non-hydrogen) atoms. The maximum atomic E-state index is 12.2. The van der Waals surface area contributed by atoms with Gasteiger partial charge in [-0.2, -0.15) is 0 Å². The molecule has 0 fully saturated rings. The lowest BCUT2D eigenvalue weighted by Gasteiger charge is -2.17. The van der Waals surface area contributed by atoms with E-state index in [4.69, 9.17) is 9.47 Å². The topological polar surface area (TPSA) is 47.6 Å². The van der Waals surface area contributed by atoms with Gasteiger partial charge in [-0.3, -0.25) is 4.79 Å². The summed E-state index contributed by atoms with van der Waals surface area (Å²) in [5.74, 6) is 1.30. The third-order valence-corrected chi connectivity index (χ3v) is 4.91. The summed E-state index contributed by atoms with van der Waals surface area (Å²) >= 11 is 4.77. The number of halogens is 1. The molecule has 1 aromatic carbocycles. The van der Waals surface area contributed by atoms with E-state index in [0.29, 0.717) is 10.6 Å². The summed E-state index contributed by atoms with van der Waals surface area (Å²) < 4.78 is 11.3. The highest BCUT2D eigenvalue weighted by Gasteiger charge is 2.18. The number of carbonyl (C=O) groups excluding carboxylic acids is 1. The standard InChI is InChI=1S/C15H16BrNO3S/c1-9(17-15(18)14-12(16)6-7-21-14)11-5-4-10(19-2)8-13(11)20-3/h4-9H,1-3H3,(H,17,18). The van der Waals surface area contributed by atoms with Crippen molar-refractivity contribution >= 4 is 33.2 Å². The molecule has 0 aliphatic rings. The molecule has 1 unspecified atom stereocenters. The van der Waals surface area contributed by atoms with Crippen LogP contribution in [0.1, 0.15) is 28.2 Å². The quantitative estimate of drug-likeness (QED) is 0.865. The molecule has 0 saturated carbocycles. The molecular formula is C15H16BrNO3S. The Morgan fingerprint density at radius 2 is 2.05 bits per heavy atom. The van der Waals surface area contributed by atoms with Crippen LogP contribution >= 0.6 is 27.3 Å². The Morgan fingerprint density at radius 3 is 2.62 bits per heavy atom. The maximum Gasteiger partial charge on any atom is 0.262 e. The minimum atomic E-state index is -0.174. The number of benzene rings is 1. The molecular weight excluding hydrogens is 354 g/mol. The molecule has 0 radical (unpaired) electrons. The molecule has 2 aromatic rings. The van der Waals surface area contributed by atoms with Crippen LogP contribution in [-0.4, -0.2) is 20.1 Å². The summed E-state index contributed by atoms with van der Waals surface area (Å²) in [6.45, 7) is 1.92. The largest absolute Gasteiger partial charge is 0.497 e. The summed E-state index contributed by atoms with van der Waals surface area (Å²) in [6.07, 6.45) is 0. The van der Waals surface area contributed by atoms with Gasteiger partial charge >= 0.3 is 0 Å². The van der Waals surface area contributed by atoms with E-state index in [-0.39, 0.29) is 11.9 Å². The first-order valence-corrected chi connectivity index (χ1v) is 8.00. The molecule has 1 aromatic heterocycles. The third kappa shape index (κ3) is 3.57. The zero-order chi connectivity index (χ0) is 15.4. The summed E-state index contributed by atoms with van der Waals surface area (Å²) in [5, 5.41) is 4.84. The Labute approximate surface area is 136 Å². The molecule has 1 N–H and O–H groups in total. The number of hydrogen-bond acceptors (Lipinski definition) is 4. The first-order valence-electron chi connectivity index (χ1n) is 6.32. The van der Waals surface area contributed by atoms with E-state index in [1.165, 1.54) is 11.3 Å². The fourth-order valence-corrected chi connectivity index (χ4v) is 3.43. The molecule has 0 saturated heterocycles. The van der Waals surface area contributed by atoms with Gasteiger partial charge in [-0.15, -0.1) is 11.3 Å². The van der Waals surface area contributed by atoms with Gasteiger partial charge in [-0.25, -0.2) is 0 Å². The molecule has 1 amide bonds. The van der Waals surface area contributed by atoms with Gasteiger partial charge in [0, 0.05) is 16.1 Å². The monoisotopic (exact) mass is 369 g/mol. The lowest BCUT2D eigenvalue weighted by molar-refractivity contribution is 0.0943. The van der Waals surface area contributed by atoms with Gasteiger partial charge in [0.1, 0.15) is 16.4 Å². The van der Waals surface area contributed by atoms with Crippen LogP contribution < -0.4 is 14.8 Å². The highest BCUT2D eigenvalue weighted by Crippen LogP contribution is 2.30. The number of methoxy groups -OCH3 is 2. The van der Waals surface area contributed by atoms with Crippen LogP contribution in [-0.2, 0) is 0 Å². The minimum absolute atomic E-state index is 0.109. The zero-order valence-electron chi connectivity index (χ0n) is 12.0. The fraction of sp³-hybridized carbons (Fsp3) is 0.267. The highest BCUT2D eigenvalue weighted by atomic mass is 79.9. The van der Waals surface area contributed by atoms with E-state index in [9.17, 15) is 4.79 Å². The Morgan fingerprint density at radius 1 is 1.29 bits per heavy atom. The van der Waals surface area contributed by atoms with Crippen LogP contribution in [0.15, 0.2) is 34.1 Å². The lowest BCUT2D eigenvalue weighted by Crippen LogP contribution is -2.26. The SMILES string of the molecule is COc1ccc(C(C)NC(=O)c2sccc2Br)c(OC)c1. The van der Waals surface area contributed by atoms with Crippen molar-refractivity contribution < 1.29 is 14.3 Å². The van der Waals surface area contributed by atoms with Gasteiger partial charge in [0.05, 0.1) is 20.3 Å². The van der Waals surface area contributed by atoms with Crippen molar-refractivity contribution in [3.05, 3.63) is 44.6 Å². The summed E-state index contributed by atoms with van der Waals surface area (Å²) in [4.78, 5) is 12.9. The Bertz CT molecular complexity index is 642. The van der Waals surface area contributed by atoms with E-state index in [2.05, 4.69) is 21.2 Å². The predicted molar refractivity (Wildman–Crippen MR) is 87.4 cm³/mol.